The number of phenols is 1. The predicted molar refractivity (Wildman–Crippen MR) is 126 cm³/mol. The molecule has 3 N–H and O–H groups in total. The van der Waals surface area contributed by atoms with Gasteiger partial charge in [-0.15, -0.1) is 11.3 Å². The van der Waals surface area contributed by atoms with E-state index in [1.165, 1.54) is 11.3 Å². The van der Waals surface area contributed by atoms with Gasteiger partial charge in [-0.2, -0.15) is 0 Å². The second-order valence-electron chi connectivity index (χ2n) is 6.95. The summed E-state index contributed by atoms with van der Waals surface area (Å²) in [4.78, 5) is 17.0. The van der Waals surface area contributed by atoms with Crippen molar-refractivity contribution in [2.24, 2.45) is 0 Å². The van der Waals surface area contributed by atoms with Crippen LogP contribution in [0.3, 0.4) is 0 Å². The molecule has 0 spiro atoms. The lowest BCUT2D eigenvalue weighted by molar-refractivity contribution is 0.0977. The van der Waals surface area contributed by atoms with Crippen LogP contribution in [-0.4, -0.2) is 21.1 Å². The third-order valence-corrected chi connectivity index (χ3v) is 5.86. The van der Waals surface area contributed by atoms with E-state index in [9.17, 15) is 9.90 Å². The van der Waals surface area contributed by atoms with Crippen molar-refractivity contribution in [1.82, 2.24) is 10.3 Å². The van der Waals surface area contributed by atoms with Crippen LogP contribution in [0.15, 0.2) is 60.7 Å². The van der Waals surface area contributed by atoms with Crippen LogP contribution >= 0.6 is 23.6 Å². The molecule has 5 nitrogen and oxygen atoms in total. The first kappa shape index (κ1) is 20.0. The first-order valence-electron chi connectivity index (χ1n) is 9.29. The van der Waals surface area contributed by atoms with Gasteiger partial charge in [0.25, 0.3) is 5.91 Å². The van der Waals surface area contributed by atoms with Crippen molar-refractivity contribution < 1.29 is 9.90 Å². The first-order chi connectivity index (χ1) is 14.4. The second kappa shape index (κ2) is 8.22. The topological polar surface area (TPSA) is 74.2 Å². The Balaban J connectivity index is 1.57. The van der Waals surface area contributed by atoms with Gasteiger partial charge in [-0.1, -0.05) is 29.8 Å². The summed E-state index contributed by atoms with van der Waals surface area (Å²) in [5.41, 5.74) is 4.38. The van der Waals surface area contributed by atoms with Gasteiger partial charge in [-0.3, -0.25) is 10.1 Å². The number of anilines is 1. The number of thiazole rings is 1. The maximum absolute atomic E-state index is 12.4. The van der Waals surface area contributed by atoms with Crippen molar-refractivity contribution in [2.75, 3.05) is 5.32 Å². The minimum Gasteiger partial charge on any atom is -0.507 e. The van der Waals surface area contributed by atoms with Crippen molar-refractivity contribution in [3.05, 3.63) is 77.4 Å². The Hall–Kier alpha value is -3.29. The average molecular weight is 434 g/mol. The van der Waals surface area contributed by atoms with E-state index >= 15 is 0 Å². The van der Waals surface area contributed by atoms with E-state index in [2.05, 4.69) is 15.6 Å². The van der Waals surface area contributed by atoms with Gasteiger partial charge in [0.05, 0.1) is 15.8 Å². The Kier molecular flexibility index (Phi) is 5.48. The average Bonchev–Trinajstić information content (AvgIpc) is 3.14. The van der Waals surface area contributed by atoms with Crippen molar-refractivity contribution in [3.63, 3.8) is 0 Å². The molecule has 0 saturated carbocycles. The van der Waals surface area contributed by atoms with Crippen LogP contribution in [-0.2, 0) is 0 Å². The Labute approximate surface area is 183 Å². The largest absolute Gasteiger partial charge is 0.507 e. The zero-order valence-electron chi connectivity index (χ0n) is 16.4. The Morgan fingerprint density at radius 3 is 2.63 bits per heavy atom. The van der Waals surface area contributed by atoms with Crippen LogP contribution in [0.2, 0.25) is 0 Å². The van der Waals surface area contributed by atoms with Crippen LogP contribution in [0.4, 0.5) is 5.69 Å². The first-order valence-corrected chi connectivity index (χ1v) is 10.5. The molecule has 0 atom stereocenters. The number of carbonyl (C=O) groups excluding carboxylic acids is 1. The Bertz CT molecular complexity index is 1250. The molecule has 0 unspecified atom stereocenters. The lowest BCUT2D eigenvalue weighted by Crippen LogP contribution is -2.34. The maximum Gasteiger partial charge on any atom is 0.257 e. The lowest BCUT2D eigenvalue weighted by atomic mass is 10.1. The molecule has 0 aliphatic rings. The van der Waals surface area contributed by atoms with Crippen molar-refractivity contribution >= 4 is 50.5 Å². The number of hydrogen-bond acceptors (Lipinski definition) is 5. The van der Waals surface area contributed by atoms with Crippen molar-refractivity contribution in [3.8, 4) is 16.3 Å². The summed E-state index contributed by atoms with van der Waals surface area (Å²) in [5.74, 6) is -0.104. The number of rotatable bonds is 3. The molecule has 0 radical (unpaired) electrons. The van der Waals surface area contributed by atoms with Gasteiger partial charge in [0.2, 0.25) is 0 Å². The molecule has 4 aromatic rings. The molecule has 0 aliphatic heterocycles. The fourth-order valence-corrected chi connectivity index (χ4v) is 4.32. The molecule has 7 heteroatoms. The van der Waals surface area contributed by atoms with E-state index in [0.717, 1.165) is 20.8 Å². The van der Waals surface area contributed by atoms with Crippen LogP contribution < -0.4 is 10.6 Å². The van der Waals surface area contributed by atoms with Gasteiger partial charge < -0.3 is 10.4 Å². The van der Waals surface area contributed by atoms with Crippen molar-refractivity contribution in [2.45, 2.75) is 13.8 Å². The summed E-state index contributed by atoms with van der Waals surface area (Å²) in [7, 11) is 0. The molecule has 1 heterocycles. The summed E-state index contributed by atoms with van der Waals surface area (Å²) in [6, 6.07) is 18.7. The van der Waals surface area contributed by atoms with E-state index in [0.29, 0.717) is 22.4 Å². The molecule has 1 aromatic heterocycles. The van der Waals surface area contributed by atoms with Gasteiger partial charge in [-0.25, -0.2) is 4.98 Å². The van der Waals surface area contributed by atoms with Crippen LogP contribution in [0.5, 0.6) is 5.75 Å². The van der Waals surface area contributed by atoms with Crippen LogP contribution in [0, 0.1) is 13.8 Å². The number of aromatic nitrogens is 1. The zero-order valence-corrected chi connectivity index (χ0v) is 18.0. The molecular formula is C23H19N3O2S2. The molecule has 1 amide bonds. The fourth-order valence-electron chi connectivity index (χ4n) is 3.13. The maximum atomic E-state index is 12.4. The van der Waals surface area contributed by atoms with Crippen molar-refractivity contribution in [1.29, 1.82) is 0 Å². The molecular weight excluding hydrogens is 414 g/mol. The molecule has 30 heavy (non-hydrogen) atoms. The fraction of sp³-hybridized carbons (Fsp3) is 0.0870. The van der Waals surface area contributed by atoms with Crippen LogP contribution in [0.25, 0.3) is 20.8 Å². The highest BCUT2D eigenvalue weighted by atomic mass is 32.1. The van der Waals surface area contributed by atoms with E-state index in [1.807, 2.05) is 50.2 Å². The minimum atomic E-state index is -0.280. The summed E-state index contributed by atoms with van der Waals surface area (Å²) in [6.45, 7) is 3.74. The number of nitrogens with zero attached hydrogens (tertiary/aromatic N) is 1. The lowest BCUT2D eigenvalue weighted by Gasteiger charge is -2.13. The van der Waals surface area contributed by atoms with E-state index in [4.69, 9.17) is 12.2 Å². The third kappa shape index (κ3) is 4.17. The monoisotopic (exact) mass is 433 g/mol. The molecule has 0 bridgehead atoms. The van der Waals surface area contributed by atoms with E-state index in [1.54, 1.807) is 24.3 Å². The smallest absolute Gasteiger partial charge is 0.257 e. The van der Waals surface area contributed by atoms with Gasteiger partial charge >= 0.3 is 0 Å². The zero-order chi connectivity index (χ0) is 21.3. The number of para-hydroxylation sites is 1. The molecule has 0 aliphatic carbocycles. The number of amides is 1. The van der Waals surface area contributed by atoms with Gasteiger partial charge in [0.1, 0.15) is 10.8 Å². The number of aryl methyl sites for hydroxylation is 2. The number of fused-ring (bicyclic) bond motifs is 1. The number of benzene rings is 3. The van der Waals surface area contributed by atoms with Gasteiger partial charge in [0.15, 0.2) is 5.11 Å². The highest BCUT2D eigenvalue weighted by Gasteiger charge is 2.15. The molecule has 150 valence electrons. The number of aromatic hydroxyl groups is 1. The minimum absolute atomic E-state index is 0.175. The third-order valence-electron chi connectivity index (χ3n) is 4.59. The molecule has 0 fully saturated rings. The Morgan fingerprint density at radius 1 is 1.07 bits per heavy atom. The quantitative estimate of drug-likeness (QED) is 0.297. The number of phenolic OH excluding ortho intramolecular Hbond substituents is 1. The van der Waals surface area contributed by atoms with E-state index in [-0.39, 0.29) is 16.8 Å². The van der Waals surface area contributed by atoms with Gasteiger partial charge in [-0.05, 0) is 68.0 Å². The predicted octanol–water partition coefficient (Wildman–Crippen LogP) is 5.41. The normalized spacial score (nSPS) is 10.7. The molecule has 0 saturated heterocycles. The summed E-state index contributed by atoms with van der Waals surface area (Å²) in [6.07, 6.45) is 0. The standard InChI is InChI=1S/C23H19N3O2S2/c1-13-6-5-7-15(10-13)21(28)26-23(29)24-16-11-14(2)20(27)17(12-16)22-25-18-8-3-4-9-19(18)30-22/h3-12,27H,1-2H3,(H2,24,26,28,29). The number of hydrogen-bond donors (Lipinski definition) is 3. The van der Waals surface area contributed by atoms with Gasteiger partial charge in [0, 0.05) is 11.3 Å². The number of thiocarbonyl (C=S) groups is 1. The summed E-state index contributed by atoms with van der Waals surface area (Å²) in [5, 5.41) is 17.2. The highest BCUT2D eigenvalue weighted by molar-refractivity contribution is 7.80. The number of carbonyl (C=O) groups is 1. The van der Waals surface area contributed by atoms with Crippen LogP contribution in [0.1, 0.15) is 21.5 Å². The second-order valence-corrected chi connectivity index (χ2v) is 8.39. The number of nitrogens with one attached hydrogen (secondary N) is 2. The summed E-state index contributed by atoms with van der Waals surface area (Å²) >= 11 is 6.82. The summed E-state index contributed by atoms with van der Waals surface area (Å²) < 4.78 is 1.05. The van der Waals surface area contributed by atoms with E-state index < -0.39 is 0 Å². The SMILES string of the molecule is Cc1cccc(C(=O)NC(=S)Nc2cc(C)c(O)c(-c3nc4ccccc4s3)c2)c1. The molecule has 4 rings (SSSR count). The Morgan fingerprint density at radius 2 is 1.87 bits per heavy atom. The highest BCUT2D eigenvalue weighted by Crippen LogP contribution is 2.38. The molecule has 3 aromatic carbocycles.